The summed E-state index contributed by atoms with van der Waals surface area (Å²) < 4.78 is 0. The number of allylic oxidation sites excluding steroid dienone is 9. The summed E-state index contributed by atoms with van der Waals surface area (Å²) in [7, 11) is 0. The molecule has 1 amide bonds. The minimum Gasteiger partial charge on any atom is -0.394 e. The van der Waals surface area contributed by atoms with Crippen molar-refractivity contribution in [2.75, 3.05) is 6.61 Å². The van der Waals surface area contributed by atoms with Crippen LogP contribution in [0.15, 0.2) is 60.8 Å². The first-order valence-electron chi connectivity index (χ1n) is 28.0. The summed E-state index contributed by atoms with van der Waals surface area (Å²) in [6.45, 7) is 4.30. The molecule has 0 aromatic carbocycles. The maximum Gasteiger partial charge on any atom is 0.220 e. The minimum atomic E-state index is -0.863. The van der Waals surface area contributed by atoms with Crippen molar-refractivity contribution in [1.29, 1.82) is 0 Å². The fourth-order valence-corrected chi connectivity index (χ4v) is 8.44. The molecule has 0 radical (unpaired) electrons. The van der Waals surface area contributed by atoms with E-state index in [4.69, 9.17) is 0 Å². The normalized spacial score (nSPS) is 13.3. The third-order valence-electron chi connectivity index (χ3n) is 12.7. The highest BCUT2D eigenvalue weighted by Crippen LogP contribution is 2.16. The van der Waals surface area contributed by atoms with Gasteiger partial charge < -0.3 is 15.5 Å². The molecular formula is C59H109NO3. The van der Waals surface area contributed by atoms with Crippen LogP contribution in [0.1, 0.15) is 290 Å². The van der Waals surface area contributed by atoms with Gasteiger partial charge in [-0.2, -0.15) is 0 Å². The number of nitrogens with one attached hydrogen (secondary N) is 1. The Hall–Kier alpha value is -1.91. The number of rotatable bonds is 51. The lowest BCUT2D eigenvalue weighted by atomic mass is 10.0. The molecule has 0 rings (SSSR count). The zero-order chi connectivity index (χ0) is 45.6. The maximum atomic E-state index is 12.5. The lowest BCUT2D eigenvalue weighted by Crippen LogP contribution is -2.45. The van der Waals surface area contributed by atoms with Crippen LogP contribution in [0.4, 0.5) is 0 Å². The third-order valence-corrected chi connectivity index (χ3v) is 12.7. The van der Waals surface area contributed by atoms with Gasteiger partial charge in [0.15, 0.2) is 0 Å². The van der Waals surface area contributed by atoms with E-state index < -0.39 is 12.1 Å². The van der Waals surface area contributed by atoms with Crippen LogP contribution in [0.2, 0.25) is 0 Å². The van der Waals surface area contributed by atoms with Crippen LogP contribution in [-0.2, 0) is 4.79 Å². The summed E-state index contributed by atoms with van der Waals surface area (Å²) in [4.78, 5) is 12.5. The van der Waals surface area contributed by atoms with Gasteiger partial charge in [-0.3, -0.25) is 4.79 Å². The zero-order valence-corrected chi connectivity index (χ0v) is 42.3. The van der Waals surface area contributed by atoms with Crippen molar-refractivity contribution in [1.82, 2.24) is 5.32 Å². The Kier molecular flexibility index (Phi) is 52.8. The second kappa shape index (κ2) is 54.4. The summed E-state index contributed by atoms with van der Waals surface area (Å²) in [6, 6.07) is -0.640. The van der Waals surface area contributed by atoms with E-state index in [-0.39, 0.29) is 12.5 Å². The molecule has 0 aliphatic rings. The van der Waals surface area contributed by atoms with Gasteiger partial charge in [-0.05, 0) is 70.6 Å². The molecular weight excluding hydrogens is 771 g/mol. The van der Waals surface area contributed by atoms with Crippen molar-refractivity contribution in [3.05, 3.63) is 60.8 Å². The van der Waals surface area contributed by atoms with Gasteiger partial charge in [0, 0.05) is 6.42 Å². The van der Waals surface area contributed by atoms with E-state index in [1.54, 1.807) is 6.08 Å². The average Bonchev–Trinajstić information content (AvgIpc) is 3.29. The Morgan fingerprint density at radius 2 is 0.667 bits per heavy atom. The van der Waals surface area contributed by atoms with Gasteiger partial charge in [0.05, 0.1) is 18.8 Å². The highest BCUT2D eigenvalue weighted by Gasteiger charge is 2.18. The molecule has 368 valence electrons. The van der Waals surface area contributed by atoms with Crippen molar-refractivity contribution in [2.24, 2.45) is 0 Å². The molecule has 63 heavy (non-hydrogen) atoms. The number of carbonyl (C=O) groups is 1. The molecule has 0 heterocycles. The van der Waals surface area contributed by atoms with E-state index >= 15 is 0 Å². The van der Waals surface area contributed by atoms with Crippen LogP contribution in [0.3, 0.4) is 0 Å². The number of hydrogen-bond donors (Lipinski definition) is 3. The first-order valence-corrected chi connectivity index (χ1v) is 28.0. The fourth-order valence-electron chi connectivity index (χ4n) is 8.44. The van der Waals surface area contributed by atoms with Crippen LogP contribution in [0.25, 0.3) is 0 Å². The molecule has 0 aliphatic heterocycles. The van der Waals surface area contributed by atoms with Crippen molar-refractivity contribution in [3.63, 3.8) is 0 Å². The topological polar surface area (TPSA) is 69.6 Å². The predicted octanol–water partition coefficient (Wildman–Crippen LogP) is 18.4. The lowest BCUT2D eigenvalue weighted by molar-refractivity contribution is -0.123. The summed E-state index contributed by atoms with van der Waals surface area (Å²) >= 11 is 0. The standard InChI is InChI=1S/C59H109NO3/c1-3-5-7-9-11-13-15-17-19-21-23-24-25-26-27-28-29-30-31-32-33-34-35-36-37-39-41-43-45-47-49-51-53-55-59(63)60-57(56-61)58(62)54-52-50-48-46-44-42-40-38-22-20-18-16-14-12-10-8-6-4-2/h15,17,21,23,25-26,44,46,52,54,57-58,61-62H,3-14,16,18-20,22,24,27-43,45,47-51,53,55-56H2,1-2H3,(H,60,63)/b17-15-,23-21-,26-25-,46-44+,54-52+. The van der Waals surface area contributed by atoms with Crippen LogP contribution in [0.5, 0.6) is 0 Å². The molecule has 4 nitrogen and oxygen atoms in total. The quantitative estimate of drug-likeness (QED) is 0.0421. The second-order valence-electron chi connectivity index (χ2n) is 19.0. The van der Waals surface area contributed by atoms with Gasteiger partial charge in [-0.15, -0.1) is 0 Å². The molecule has 3 N–H and O–H groups in total. The van der Waals surface area contributed by atoms with Gasteiger partial charge in [0.1, 0.15) is 0 Å². The Bertz CT molecular complexity index is 1040. The molecule has 0 saturated carbocycles. The molecule has 0 fully saturated rings. The van der Waals surface area contributed by atoms with E-state index in [0.717, 1.165) is 44.9 Å². The van der Waals surface area contributed by atoms with E-state index in [2.05, 4.69) is 67.8 Å². The number of amides is 1. The summed E-state index contributed by atoms with van der Waals surface area (Å²) in [5.74, 6) is -0.0714. The van der Waals surface area contributed by atoms with Crippen molar-refractivity contribution >= 4 is 5.91 Å². The highest BCUT2D eigenvalue weighted by molar-refractivity contribution is 5.76. The number of aliphatic hydroxyl groups is 2. The number of carbonyl (C=O) groups excluding carboxylic acids is 1. The molecule has 0 bridgehead atoms. The number of aliphatic hydroxyl groups excluding tert-OH is 2. The van der Waals surface area contributed by atoms with Crippen molar-refractivity contribution < 1.29 is 15.0 Å². The lowest BCUT2D eigenvalue weighted by Gasteiger charge is -2.19. The predicted molar refractivity (Wildman–Crippen MR) is 281 cm³/mol. The number of hydrogen-bond acceptors (Lipinski definition) is 3. The smallest absolute Gasteiger partial charge is 0.220 e. The zero-order valence-electron chi connectivity index (χ0n) is 42.3. The van der Waals surface area contributed by atoms with Gasteiger partial charge in [0.25, 0.3) is 0 Å². The molecule has 0 saturated heterocycles. The van der Waals surface area contributed by atoms with Crippen LogP contribution in [0, 0.1) is 0 Å². The van der Waals surface area contributed by atoms with Crippen LogP contribution < -0.4 is 5.32 Å². The van der Waals surface area contributed by atoms with E-state index in [1.165, 1.54) is 225 Å². The maximum absolute atomic E-state index is 12.5. The Morgan fingerprint density at radius 3 is 1.03 bits per heavy atom. The molecule has 0 aliphatic carbocycles. The van der Waals surface area contributed by atoms with Crippen molar-refractivity contribution in [2.45, 2.75) is 302 Å². The summed E-state index contributed by atoms with van der Waals surface area (Å²) in [5, 5.41) is 23.1. The Labute approximate surface area is 394 Å². The monoisotopic (exact) mass is 880 g/mol. The molecule has 2 atom stereocenters. The van der Waals surface area contributed by atoms with Gasteiger partial charge in [-0.1, -0.05) is 274 Å². The number of unbranched alkanes of at least 4 members (excludes halogenated alkanes) is 36. The van der Waals surface area contributed by atoms with E-state index in [0.29, 0.717) is 6.42 Å². The highest BCUT2D eigenvalue weighted by atomic mass is 16.3. The summed E-state index contributed by atoms with van der Waals surface area (Å²) in [6.07, 6.45) is 76.7. The molecule has 2 unspecified atom stereocenters. The Balaban J connectivity index is 3.50. The van der Waals surface area contributed by atoms with Crippen molar-refractivity contribution in [3.8, 4) is 0 Å². The second-order valence-corrected chi connectivity index (χ2v) is 19.0. The summed E-state index contributed by atoms with van der Waals surface area (Å²) in [5.41, 5.74) is 0. The SMILES string of the molecule is CCCCCCC/C=C\C/C=C\C/C=C\CCCCCCCCCCCCCCCCCCCCC(=O)NC(CO)C(O)/C=C/CC/C=C/CCCCCCCCCCCCCC. The average molecular weight is 881 g/mol. The Morgan fingerprint density at radius 1 is 0.381 bits per heavy atom. The van der Waals surface area contributed by atoms with Crippen LogP contribution >= 0.6 is 0 Å². The van der Waals surface area contributed by atoms with E-state index in [9.17, 15) is 15.0 Å². The fraction of sp³-hybridized carbons (Fsp3) is 0.814. The largest absolute Gasteiger partial charge is 0.394 e. The minimum absolute atomic E-state index is 0.0714. The van der Waals surface area contributed by atoms with Gasteiger partial charge >= 0.3 is 0 Å². The van der Waals surface area contributed by atoms with Gasteiger partial charge in [-0.25, -0.2) is 0 Å². The van der Waals surface area contributed by atoms with E-state index in [1.807, 2.05) is 6.08 Å². The van der Waals surface area contributed by atoms with Crippen LogP contribution in [-0.4, -0.2) is 34.9 Å². The third kappa shape index (κ3) is 50.9. The molecule has 4 heteroatoms. The first kappa shape index (κ1) is 61.1. The molecule has 0 spiro atoms. The molecule has 0 aromatic heterocycles. The molecule has 0 aromatic rings. The first-order chi connectivity index (χ1) is 31.2. The van der Waals surface area contributed by atoms with Gasteiger partial charge in [0.2, 0.25) is 5.91 Å².